The van der Waals surface area contributed by atoms with Crippen LogP contribution >= 0.6 is 11.8 Å². The molecule has 0 bridgehead atoms. The van der Waals surface area contributed by atoms with E-state index in [9.17, 15) is 9.59 Å². The van der Waals surface area contributed by atoms with Crippen molar-refractivity contribution < 1.29 is 18.7 Å². The number of ether oxygens (including phenoxy) is 1. The van der Waals surface area contributed by atoms with Gasteiger partial charge in [-0.25, -0.2) is 14.2 Å². The molecule has 9 heteroatoms. The van der Waals surface area contributed by atoms with Crippen molar-refractivity contribution in [3.05, 3.63) is 93.9 Å². The molecule has 5 rings (SSSR count). The van der Waals surface area contributed by atoms with Gasteiger partial charge in [0.1, 0.15) is 5.82 Å². The maximum absolute atomic E-state index is 15.1. The second kappa shape index (κ2) is 12.2. The Bertz CT molecular complexity index is 1320. The Morgan fingerprint density at radius 2 is 1.82 bits per heavy atom. The largest absolute Gasteiger partial charge is 0.463 e. The molecule has 0 spiro atoms. The highest BCUT2D eigenvalue weighted by Gasteiger charge is 2.42. The molecule has 2 aromatic carbocycles. The lowest BCUT2D eigenvalue weighted by molar-refractivity contribution is -0.139. The van der Waals surface area contributed by atoms with E-state index >= 15 is 4.39 Å². The number of aliphatic imine (C=N–C) groups is 1. The number of fused-ring (bicyclic) bond motifs is 1. The molecule has 0 radical (unpaired) electrons. The predicted molar refractivity (Wildman–Crippen MR) is 151 cm³/mol. The molecule has 1 N–H and O–H groups in total. The first-order chi connectivity index (χ1) is 18.9. The molecule has 1 atom stereocenters. The number of thioether (sulfide) groups is 1. The number of amidine groups is 1. The smallest absolute Gasteiger partial charge is 0.338 e. The van der Waals surface area contributed by atoms with Gasteiger partial charge in [0.05, 0.1) is 30.3 Å². The number of benzene rings is 2. The molecule has 0 aliphatic carbocycles. The molecule has 1 amide bonds. The predicted octanol–water partition coefficient (Wildman–Crippen LogP) is 5.13. The molecule has 3 aliphatic heterocycles. The van der Waals surface area contributed by atoms with Crippen LogP contribution in [0.1, 0.15) is 50.3 Å². The quantitative estimate of drug-likeness (QED) is 0.461. The molecule has 1 saturated heterocycles. The van der Waals surface area contributed by atoms with Crippen LogP contribution in [0.5, 0.6) is 0 Å². The minimum Gasteiger partial charge on any atom is -0.463 e. The summed E-state index contributed by atoms with van der Waals surface area (Å²) in [5.74, 6) is -1.06. The number of hydrogen-bond acceptors (Lipinski definition) is 7. The fourth-order valence-corrected chi connectivity index (χ4v) is 6.32. The SMILES string of the molecule is CCOC(=O)C1=C(C)N=C2SC=C(CC(=O)NC3CCN(Cc4ccccc4)CC3)N2C1c1ccccc1F. The topological polar surface area (TPSA) is 74.2 Å². The highest BCUT2D eigenvalue weighted by atomic mass is 32.2. The van der Waals surface area contributed by atoms with Gasteiger partial charge in [0.2, 0.25) is 5.91 Å². The number of nitrogens with zero attached hydrogens (tertiary/aromatic N) is 3. The molecule has 0 saturated carbocycles. The number of carbonyl (C=O) groups excluding carboxylic acids is 2. The van der Waals surface area contributed by atoms with Crippen LogP contribution < -0.4 is 5.32 Å². The van der Waals surface area contributed by atoms with Gasteiger partial charge >= 0.3 is 5.97 Å². The summed E-state index contributed by atoms with van der Waals surface area (Å²) in [6, 6.07) is 16.1. The lowest BCUT2D eigenvalue weighted by Crippen LogP contribution is -2.45. The van der Waals surface area contributed by atoms with Gasteiger partial charge in [-0.05, 0) is 43.7 Å². The maximum Gasteiger partial charge on any atom is 0.338 e. The zero-order chi connectivity index (χ0) is 27.4. The second-order valence-corrected chi connectivity index (χ2v) is 10.8. The highest BCUT2D eigenvalue weighted by Crippen LogP contribution is 2.45. The van der Waals surface area contributed by atoms with Crippen molar-refractivity contribution in [3.8, 4) is 0 Å². The Labute approximate surface area is 232 Å². The van der Waals surface area contributed by atoms with Crippen LogP contribution in [0.2, 0.25) is 0 Å². The van der Waals surface area contributed by atoms with Crippen LogP contribution in [0, 0.1) is 5.82 Å². The zero-order valence-corrected chi connectivity index (χ0v) is 23.0. The standard InChI is InChI=1S/C30H33FN4O3S/c1-3-38-29(37)27-20(2)32-30-35(28(27)24-11-7-8-12-25(24)31)23(19-39-30)17-26(36)33-22-13-15-34(16-14-22)18-21-9-5-4-6-10-21/h4-12,19,22,28H,3,13-18H2,1-2H3,(H,33,36). The lowest BCUT2D eigenvalue weighted by Gasteiger charge is -2.36. The molecule has 1 unspecified atom stereocenters. The second-order valence-electron chi connectivity index (χ2n) is 9.92. The third-order valence-corrected chi connectivity index (χ3v) is 8.13. The van der Waals surface area contributed by atoms with Crippen molar-refractivity contribution in [1.82, 2.24) is 15.1 Å². The molecular weight excluding hydrogens is 515 g/mol. The number of amides is 1. The third kappa shape index (κ3) is 6.09. The molecule has 1 fully saturated rings. The normalized spacial score (nSPS) is 19.9. The molecule has 39 heavy (non-hydrogen) atoms. The van der Waals surface area contributed by atoms with Gasteiger partial charge in [-0.2, -0.15) is 0 Å². The molecule has 3 aliphatic rings. The monoisotopic (exact) mass is 548 g/mol. The molecule has 3 heterocycles. The van der Waals surface area contributed by atoms with Crippen molar-refractivity contribution in [2.45, 2.75) is 51.7 Å². The van der Waals surface area contributed by atoms with Crippen molar-refractivity contribution >= 4 is 28.8 Å². The fraction of sp³-hybridized carbons (Fsp3) is 0.367. The summed E-state index contributed by atoms with van der Waals surface area (Å²) in [5.41, 5.74) is 3.08. The Morgan fingerprint density at radius 3 is 2.54 bits per heavy atom. The van der Waals surface area contributed by atoms with Crippen LogP contribution in [0.3, 0.4) is 0 Å². The highest BCUT2D eigenvalue weighted by molar-refractivity contribution is 8.16. The summed E-state index contributed by atoms with van der Waals surface area (Å²) in [4.78, 5) is 35.0. The van der Waals surface area contributed by atoms with Gasteiger partial charge in [0.15, 0.2) is 5.17 Å². The number of hydrogen-bond donors (Lipinski definition) is 1. The third-order valence-electron chi connectivity index (χ3n) is 7.24. The first-order valence-corrected chi connectivity index (χ1v) is 14.2. The number of carbonyl (C=O) groups is 2. The number of likely N-dealkylation sites (tertiary alicyclic amines) is 1. The number of piperidine rings is 1. The Morgan fingerprint density at radius 1 is 1.10 bits per heavy atom. The summed E-state index contributed by atoms with van der Waals surface area (Å²) in [5, 5.41) is 5.68. The van der Waals surface area contributed by atoms with Crippen molar-refractivity contribution in [3.63, 3.8) is 0 Å². The number of rotatable bonds is 8. The molecule has 2 aromatic rings. The Kier molecular flexibility index (Phi) is 8.47. The summed E-state index contributed by atoms with van der Waals surface area (Å²) >= 11 is 1.38. The summed E-state index contributed by atoms with van der Waals surface area (Å²) in [6.45, 7) is 6.42. The van der Waals surface area contributed by atoms with Crippen molar-refractivity contribution in [1.29, 1.82) is 0 Å². The van der Waals surface area contributed by atoms with E-state index in [-0.39, 0.29) is 30.5 Å². The van der Waals surface area contributed by atoms with Gasteiger partial charge in [-0.15, -0.1) is 0 Å². The van der Waals surface area contributed by atoms with Gasteiger partial charge in [0.25, 0.3) is 0 Å². The number of esters is 1. The molecular formula is C30H33FN4O3S. The van der Waals surface area contributed by atoms with E-state index in [2.05, 4.69) is 39.5 Å². The van der Waals surface area contributed by atoms with E-state index in [4.69, 9.17) is 4.74 Å². The van der Waals surface area contributed by atoms with Crippen molar-refractivity contribution in [2.24, 2.45) is 4.99 Å². The van der Waals surface area contributed by atoms with Crippen LogP contribution in [0.15, 0.2) is 82.0 Å². The van der Waals surface area contributed by atoms with E-state index in [1.807, 2.05) is 16.4 Å². The van der Waals surface area contributed by atoms with E-state index in [1.165, 1.54) is 23.4 Å². The first-order valence-electron chi connectivity index (χ1n) is 13.4. The lowest BCUT2D eigenvalue weighted by atomic mass is 9.93. The average Bonchev–Trinajstić information content (AvgIpc) is 3.31. The van der Waals surface area contributed by atoms with Crippen LogP contribution in [0.4, 0.5) is 4.39 Å². The van der Waals surface area contributed by atoms with Gasteiger partial charge in [0, 0.05) is 36.9 Å². The fourth-order valence-electron chi connectivity index (χ4n) is 5.35. The Hall–Kier alpha value is -3.43. The minimum atomic E-state index is -0.770. The average molecular weight is 549 g/mol. The summed E-state index contributed by atoms with van der Waals surface area (Å²) in [7, 11) is 0. The number of allylic oxidation sites excluding steroid dienone is 1. The van der Waals surface area contributed by atoms with Gasteiger partial charge in [-0.1, -0.05) is 60.3 Å². The van der Waals surface area contributed by atoms with Crippen LogP contribution in [-0.2, 0) is 20.9 Å². The van der Waals surface area contributed by atoms with Crippen LogP contribution in [-0.4, -0.2) is 52.6 Å². The first kappa shape index (κ1) is 27.1. The van der Waals surface area contributed by atoms with E-state index < -0.39 is 17.8 Å². The number of nitrogens with one attached hydrogen (secondary N) is 1. The maximum atomic E-state index is 15.1. The van der Waals surface area contributed by atoms with Gasteiger partial charge in [-0.3, -0.25) is 9.69 Å². The minimum absolute atomic E-state index is 0.0964. The summed E-state index contributed by atoms with van der Waals surface area (Å²) in [6.07, 6.45) is 1.88. The zero-order valence-electron chi connectivity index (χ0n) is 22.2. The van der Waals surface area contributed by atoms with E-state index in [0.29, 0.717) is 22.1 Å². The molecule has 0 aromatic heterocycles. The Balaban J connectivity index is 1.27. The number of halogens is 1. The van der Waals surface area contributed by atoms with E-state index in [1.54, 1.807) is 32.0 Å². The summed E-state index contributed by atoms with van der Waals surface area (Å²) < 4.78 is 20.4. The molecule has 204 valence electrons. The van der Waals surface area contributed by atoms with Crippen LogP contribution in [0.25, 0.3) is 0 Å². The van der Waals surface area contributed by atoms with Gasteiger partial charge < -0.3 is 15.0 Å². The van der Waals surface area contributed by atoms with Crippen molar-refractivity contribution in [2.75, 3.05) is 19.7 Å². The van der Waals surface area contributed by atoms with E-state index in [0.717, 1.165) is 32.5 Å². The molecule has 7 nitrogen and oxygen atoms in total.